The Labute approximate surface area is 194 Å². The van der Waals surface area contributed by atoms with Gasteiger partial charge in [0.05, 0.1) is 0 Å². The van der Waals surface area contributed by atoms with Crippen molar-refractivity contribution in [2.75, 3.05) is 6.54 Å². The number of aryl methyl sites for hydroxylation is 1. The Morgan fingerprint density at radius 2 is 1.81 bits per heavy atom. The van der Waals surface area contributed by atoms with Crippen LogP contribution in [0.25, 0.3) is 0 Å². The van der Waals surface area contributed by atoms with Gasteiger partial charge in [-0.2, -0.15) is 0 Å². The Hall–Kier alpha value is -2.08. The normalized spacial score (nSPS) is 16.1. The molecule has 0 fully saturated rings. The van der Waals surface area contributed by atoms with Crippen molar-refractivity contribution >= 4 is 25.3 Å². The van der Waals surface area contributed by atoms with Crippen LogP contribution in [0.15, 0.2) is 30.5 Å². The predicted molar refractivity (Wildman–Crippen MR) is 130 cm³/mol. The van der Waals surface area contributed by atoms with Gasteiger partial charge >= 0.3 is 194 Å². The van der Waals surface area contributed by atoms with Crippen molar-refractivity contribution in [1.82, 2.24) is 10.3 Å². The molecule has 0 unspecified atom stereocenters. The number of unbranched alkanes of at least 4 members (excludes halogenated alkanes) is 1. The van der Waals surface area contributed by atoms with Crippen LogP contribution in [0.3, 0.4) is 0 Å². The zero-order chi connectivity index (χ0) is 22.6. The second kappa shape index (κ2) is 9.60. The second-order valence-corrected chi connectivity index (χ2v) is 11.6. The molecule has 0 radical (unpaired) electrons. The monoisotopic (exact) mass is 482 g/mol. The minimum absolute atomic E-state index is 0.0641. The molecule has 1 aromatic heterocycles. The molecule has 164 valence electrons. The molecule has 31 heavy (non-hydrogen) atoms. The Morgan fingerprint density at radius 1 is 1.13 bits per heavy atom. The van der Waals surface area contributed by atoms with Crippen molar-refractivity contribution in [3.8, 4) is 10.7 Å². The number of carbonyl (C=O) groups is 1. The van der Waals surface area contributed by atoms with Gasteiger partial charge in [-0.05, 0) is 0 Å². The van der Waals surface area contributed by atoms with Crippen LogP contribution in [-0.2, 0) is 10.8 Å². The van der Waals surface area contributed by atoms with Gasteiger partial charge in [-0.3, -0.25) is 0 Å². The molecule has 1 amide bonds. The van der Waals surface area contributed by atoms with Gasteiger partial charge in [0.15, 0.2) is 0 Å². The number of rotatable bonds is 5. The maximum atomic E-state index is 12.1. The molecule has 0 aliphatic heterocycles. The van der Waals surface area contributed by atoms with E-state index in [1.807, 2.05) is 6.07 Å². The second-order valence-electron chi connectivity index (χ2n) is 9.80. The van der Waals surface area contributed by atoms with Crippen LogP contribution in [-0.4, -0.2) is 32.4 Å². The first kappa shape index (κ1) is 23.6. The quantitative estimate of drug-likeness (QED) is 0.385. The first-order chi connectivity index (χ1) is 14.6. The third-order valence-electron chi connectivity index (χ3n) is 6.33. The predicted octanol–water partition coefficient (Wildman–Crippen LogP) is 4.61. The molecule has 2 aromatic rings. The van der Waals surface area contributed by atoms with E-state index >= 15 is 0 Å². The van der Waals surface area contributed by atoms with Gasteiger partial charge in [-0.25, -0.2) is 0 Å². The SMILES string of the molecule is CCCCNC(=O)c1ccc(C#C[Se]c2cc3c(cc2C)C(C)(C)CCC3(C)C)nc1. The van der Waals surface area contributed by atoms with E-state index in [0.717, 1.165) is 12.8 Å². The van der Waals surface area contributed by atoms with Crippen molar-refractivity contribution in [1.29, 1.82) is 0 Å². The summed E-state index contributed by atoms with van der Waals surface area (Å²) in [5.74, 6) is 3.12. The summed E-state index contributed by atoms with van der Waals surface area (Å²) < 4.78 is 1.36. The summed E-state index contributed by atoms with van der Waals surface area (Å²) in [6.45, 7) is 14.5. The van der Waals surface area contributed by atoms with E-state index in [0.29, 0.717) is 17.8 Å². The number of amides is 1. The van der Waals surface area contributed by atoms with E-state index in [2.05, 4.69) is 74.7 Å². The van der Waals surface area contributed by atoms with Gasteiger partial charge < -0.3 is 0 Å². The summed E-state index contributed by atoms with van der Waals surface area (Å²) in [6.07, 6.45) is 6.12. The van der Waals surface area contributed by atoms with E-state index in [1.54, 1.807) is 12.3 Å². The topological polar surface area (TPSA) is 42.0 Å². The van der Waals surface area contributed by atoms with Crippen LogP contribution in [0.2, 0.25) is 0 Å². The molecule has 0 saturated heterocycles. The van der Waals surface area contributed by atoms with Gasteiger partial charge in [0.25, 0.3) is 0 Å². The van der Waals surface area contributed by atoms with Crippen molar-refractivity contribution in [2.45, 2.75) is 78.1 Å². The average molecular weight is 482 g/mol. The van der Waals surface area contributed by atoms with Crippen LogP contribution < -0.4 is 9.78 Å². The Kier molecular flexibility index (Phi) is 7.30. The van der Waals surface area contributed by atoms with E-state index < -0.39 is 0 Å². The van der Waals surface area contributed by atoms with Crippen LogP contribution in [0.4, 0.5) is 0 Å². The number of nitrogens with one attached hydrogen (secondary N) is 1. The number of pyridine rings is 1. The molecule has 1 aromatic carbocycles. The third kappa shape index (κ3) is 5.59. The molecule has 1 heterocycles. The minimum atomic E-state index is -0.0695. The molecule has 1 aliphatic carbocycles. The van der Waals surface area contributed by atoms with Crippen molar-refractivity contribution in [3.63, 3.8) is 0 Å². The van der Waals surface area contributed by atoms with Crippen molar-refractivity contribution in [3.05, 3.63) is 58.4 Å². The molecule has 1 N–H and O–H groups in total. The van der Waals surface area contributed by atoms with E-state index in [4.69, 9.17) is 0 Å². The van der Waals surface area contributed by atoms with Crippen molar-refractivity contribution in [2.24, 2.45) is 0 Å². The van der Waals surface area contributed by atoms with E-state index in [9.17, 15) is 4.79 Å². The summed E-state index contributed by atoms with van der Waals surface area (Å²) in [5, 5.41) is 2.92. The third-order valence-corrected chi connectivity index (χ3v) is 8.14. The van der Waals surface area contributed by atoms with E-state index in [1.165, 1.54) is 34.0 Å². The van der Waals surface area contributed by atoms with E-state index in [-0.39, 0.29) is 31.7 Å². The Morgan fingerprint density at radius 3 is 2.42 bits per heavy atom. The first-order valence-corrected chi connectivity index (χ1v) is 12.9. The molecule has 0 bridgehead atoms. The standard InChI is InChI=1S/C27H34N2OSe/c1-7-8-14-28-25(30)20-9-10-21(29-18-20)11-15-31-24-17-23-22(16-19(24)2)26(3,4)12-13-27(23,5)6/h9-10,16-18H,7-8,12-14H2,1-6H3,(H,28,30). The fourth-order valence-corrected chi connectivity index (χ4v) is 5.42. The van der Waals surface area contributed by atoms with Gasteiger partial charge in [0.2, 0.25) is 0 Å². The number of carbonyl (C=O) groups excluding carboxylic acids is 1. The summed E-state index contributed by atoms with van der Waals surface area (Å²) in [4.78, 5) is 19.8. The molecular formula is C27H34N2OSe. The fraction of sp³-hybridized carbons (Fsp3) is 0.481. The summed E-state index contributed by atoms with van der Waals surface area (Å²) in [5.41, 5.74) is 6.08. The fourth-order valence-electron chi connectivity index (χ4n) is 4.03. The average Bonchev–Trinajstić information content (AvgIpc) is 2.73. The Bertz CT molecular complexity index is 1010. The molecule has 1 aliphatic rings. The molecule has 0 atom stereocenters. The number of hydrogen-bond acceptors (Lipinski definition) is 2. The zero-order valence-corrected chi connectivity index (χ0v) is 21.4. The van der Waals surface area contributed by atoms with Gasteiger partial charge in [0.1, 0.15) is 0 Å². The molecule has 0 saturated carbocycles. The number of aromatic nitrogens is 1. The first-order valence-electron chi connectivity index (χ1n) is 11.2. The summed E-state index contributed by atoms with van der Waals surface area (Å²) >= 11 is 0.0641. The van der Waals surface area contributed by atoms with Crippen LogP contribution in [0.1, 0.15) is 93.0 Å². The van der Waals surface area contributed by atoms with Gasteiger partial charge in [0, 0.05) is 0 Å². The maximum absolute atomic E-state index is 12.1. The summed E-state index contributed by atoms with van der Waals surface area (Å²) in [7, 11) is 0. The Balaban J connectivity index is 1.74. The van der Waals surface area contributed by atoms with Crippen molar-refractivity contribution < 1.29 is 4.79 Å². The van der Waals surface area contributed by atoms with Gasteiger partial charge in [-0.15, -0.1) is 0 Å². The van der Waals surface area contributed by atoms with Gasteiger partial charge in [-0.1, -0.05) is 0 Å². The number of benzene rings is 1. The summed E-state index contributed by atoms with van der Waals surface area (Å²) in [6, 6.07) is 8.46. The molecule has 3 rings (SSSR count). The van der Waals surface area contributed by atoms with Crippen LogP contribution in [0, 0.1) is 17.7 Å². The molecular weight excluding hydrogens is 447 g/mol. The number of nitrogens with zero attached hydrogens (tertiary/aromatic N) is 1. The van der Waals surface area contributed by atoms with Crippen LogP contribution >= 0.6 is 0 Å². The number of hydrogen-bond donors (Lipinski definition) is 1. The zero-order valence-electron chi connectivity index (χ0n) is 19.7. The molecule has 3 nitrogen and oxygen atoms in total. The van der Waals surface area contributed by atoms with Crippen LogP contribution in [0.5, 0.6) is 0 Å². The molecule has 0 spiro atoms. The number of fused-ring (bicyclic) bond motifs is 1. The molecule has 4 heteroatoms.